The molecule has 1 aliphatic rings. The number of guanidine groups is 1. The number of nitrogens with zero attached hydrogens (tertiary/aromatic N) is 2. The highest BCUT2D eigenvalue weighted by Gasteiger charge is 2.32. The van der Waals surface area contributed by atoms with Crippen LogP contribution in [0.2, 0.25) is 0 Å². The molecule has 8 heteroatoms. The molecule has 0 radical (unpaired) electrons. The predicted molar refractivity (Wildman–Crippen MR) is 95.8 cm³/mol. The lowest BCUT2D eigenvalue weighted by Crippen LogP contribution is -2.49. The minimum Gasteiger partial charge on any atom is -0.466 e. The number of hydrogen-bond acceptors (Lipinski definition) is 5. The maximum Gasteiger partial charge on any atom is 0.310 e. The van der Waals surface area contributed by atoms with Crippen LogP contribution < -0.4 is 5.32 Å². The Balaban J connectivity index is 2.87. The number of hydrogen-bond donors (Lipinski definition) is 1. The van der Waals surface area contributed by atoms with E-state index in [0.29, 0.717) is 25.7 Å². The molecule has 0 amide bonds. The van der Waals surface area contributed by atoms with Crippen molar-refractivity contribution < 1.29 is 17.9 Å². The van der Waals surface area contributed by atoms with E-state index in [0.717, 1.165) is 19.4 Å². The summed E-state index contributed by atoms with van der Waals surface area (Å²) in [5.41, 5.74) is 0. The standard InChI is InChI=1S/C16H31N3O4S/c1-6-17-15(18-12-16(3,4)24(5,21)22)19-10-8-9-13(11-19)14(20)23-7-2/h13H,6-12H2,1-5H3,(H,17,18)/t13-/m1/s1. The van der Waals surface area contributed by atoms with Crippen LogP contribution in [-0.2, 0) is 19.4 Å². The van der Waals surface area contributed by atoms with E-state index in [-0.39, 0.29) is 18.4 Å². The molecular weight excluding hydrogens is 330 g/mol. The van der Waals surface area contributed by atoms with Gasteiger partial charge in [0.1, 0.15) is 0 Å². The van der Waals surface area contributed by atoms with E-state index in [1.807, 2.05) is 11.8 Å². The van der Waals surface area contributed by atoms with Crippen molar-refractivity contribution in [2.45, 2.75) is 45.3 Å². The summed E-state index contributed by atoms with van der Waals surface area (Å²) in [5, 5.41) is 3.20. The number of likely N-dealkylation sites (tertiary alicyclic amines) is 1. The van der Waals surface area contributed by atoms with Crippen LogP contribution in [0.4, 0.5) is 0 Å². The number of carbonyl (C=O) groups excluding carboxylic acids is 1. The topological polar surface area (TPSA) is 88.1 Å². The highest BCUT2D eigenvalue weighted by atomic mass is 32.2. The van der Waals surface area contributed by atoms with Crippen molar-refractivity contribution in [3.63, 3.8) is 0 Å². The zero-order valence-corrected chi connectivity index (χ0v) is 16.3. The molecule has 1 fully saturated rings. The van der Waals surface area contributed by atoms with Crippen LogP contribution in [0.1, 0.15) is 40.5 Å². The minimum atomic E-state index is -3.20. The Morgan fingerprint density at radius 1 is 1.38 bits per heavy atom. The SMILES string of the molecule is CCNC(=NCC(C)(C)S(C)(=O)=O)N1CCC[C@@H](C(=O)OCC)C1. The maximum absolute atomic E-state index is 12.0. The van der Waals surface area contributed by atoms with E-state index >= 15 is 0 Å². The van der Waals surface area contributed by atoms with Crippen LogP contribution in [0.15, 0.2) is 4.99 Å². The summed E-state index contributed by atoms with van der Waals surface area (Å²) in [4.78, 5) is 18.5. The van der Waals surface area contributed by atoms with Gasteiger partial charge in [0.2, 0.25) is 0 Å². The molecule has 1 heterocycles. The van der Waals surface area contributed by atoms with E-state index in [1.54, 1.807) is 20.8 Å². The maximum atomic E-state index is 12.0. The number of ether oxygens (including phenoxy) is 1. The molecule has 0 spiro atoms. The Kier molecular flexibility index (Phi) is 7.51. The Hall–Kier alpha value is -1.31. The van der Waals surface area contributed by atoms with Crippen molar-refractivity contribution in [2.24, 2.45) is 10.9 Å². The fraction of sp³-hybridized carbons (Fsp3) is 0.875. The predicted octanol–water partition coefficient (Wildman–Crippen LogP) is 1.05. The van der Waals surface area contributed by atoms with Crippen molar-refractivity contribution in [2.75, 3.05) is 39.0 Å². The molecule has 7 nitrogen and oxygen atoms in total. The van der Waals surface area contributed by atoms with E-state index < -0.39 is 14.6 Å². The van der Waals surface area contributed by atoms with Gasteiger partial charge >= 0.3 is 5.97 Å². The van der Waals surface area contributed by atoms with Gasteiger partial charge in [0, 0.05) is 25.9 Å². The van der Waals surface area contributed by atoms with Gasteiger partial charge < -0.3 is 15.0 Å². The Bertz CT molecular complexity index is 558. The molecule has 1 aliphatic heterocycles. The molecule has 0 unspecified atom stereocenters. The lowest BCUT2D eigenvalue weighted by molar-refractivity contribution is -0.149. The summed E-state index contributed by atoms with van der Waals surface area (Å²) in [6.07, 6.45) is 2.92. The fourth-order valence-electron chi connectivity index (χ4n) is 2.43. The van der Waals surface area contributed by atoms with Crippen LogP contribution in [0, 0.1) is 5.92 Å². The van der Waals surface area contributed by atoms with Gasteiger partial charge in [0.25, 0.3) is 0 Å². The molecule has 1 saturated heterocycles. The molecular formula is C16H31N3O4S. The zero-order valence-electron chi connectivity index (χ0n) is 15.5. The third kappa shape index (κ3) is 5.65. The largest absolute Gasteiger partial charge is 0.466 e. The number of piperidine rings is 1. The van der Waals surface area contributed by atoms with Gasteiger partial charge in [0.05, 0.1) is 23.8 Å². The smallest absolute Gasteiger partial charge is 0.310 e. The lowest BCUT2D eigenvalue weighted by atomic mass is 9.98. The van der Waals surface area contributed by atoms with Gasteiger partial charge in [-0.25, -0.2) is 8.42 Å². The second kappa shape index (κ2) is 8.69. The molecule has 0 aromatic rings. The summed E-state index contributed by atoms with van der Waals surface area (Å²) in [6.45, 7) is 9.69. The van der Waals surface area contributed by atoms with Crippen LogP contribution >= 0.6 is 0 Å². The highest BCUT2D eigenvalue weighted by molar-refractivity contribution is 7.92. The Morgan fingerprint density at radius 2 is 2.04 bits per heavy atom. The van der Waals surface area contributed by atoms with Crippen LogP contribution in [0.5, 0.6) is 0 Å². The molecule has 24 heavy (non-hydrogen) atoms. The second-order valence-corrected chi connectivity index (χ2v) is 9.39. The van der Waals surface area contributed by atoms with Crippen LogP contribution in [0.25, 0.3) is 0 Å². The summed E-state index contributed by atoms with van der Waals surface area (Å²) in [6, 6.07) is 0. The van der Waals surface area contributed by atoms with Gasteiger partial charge in [-0.3, -0.25) is 9.79 Å². The zero-order chi connectivity index (χ0) is 18.4. The number of esters is 1. The van der Waals surface area contributed by atoms with E-state index in [9.17, 15) is 13.2 Å². The summed E-state index contributed by atoms with van der Waals surface area (Å²) < 4.78 is 27.9. The quantitative estimate of drug-likeness (QED) is 0.432. The average molecular weight is 362 g/mol. The molecule has 0 bridgehead atoms. The molecule has 0 aromatic heterocycles. The fourth-order valence-corrected chi connectivity index (χ4v) is 2.73. The first kappa shape index (κ1) is 20.7. The van der Waals surface area contributed by atoms with Crippen molar-refractivity contribution in [1.29, 1.82) is 0 Å². The van der Waals surface area contributed by atoms with Crippen molar-refractivity contribution >= 4 is 21.8 Å². The van der Waals surface area contributed by atoms with Gasteiger partial charge in [-0.05, 0) is 40.5 Å². The van der Waals surface area contributed by atoms with Gasteiger partial charge in [0.15, 0.2) is 15.8 Å². The summed E-state index contributed by atoms with van der Waals surface area (Å²) >= 11 is 0. The number of carbonyl (C=O) groups is 1. The molecule has 140 valence electrons. The van der Waals surface area contributed by atoms with Gasteiger partial charge in [-0.2, -0.15) is 0 Å². The normalized spacial score (nSPS) is 20.0. The third-order valence-electron chi connectivity index (χ3n) is 4.29. The average Bonchev–Trinajstić information content (AvgIpc) is 2.50. The molecule has 1 atom stereocenters. The lowest BCUT2D eigenvalue weighted by Gasteiger charge is -2.34. The minimum absolute atomic E-state index is 0.162. The monoisotopic (exact) mass is 361 g/mol. The van der Waals surface area contributed by atoms with Crippen LogP contribution in [-0.4, -0.2) is 69.0 Å². The number of aliphatic imine (C=N–C) groups is 1. The number of rotatable bonds is 6. The molecule has 0 aromatic carbocycles. The van der Waals surface area contributed by atoms with Crippen molar-refractivity contribution in [3.8, 4) is 0 Å². The number of nitrogens with one attached hydrogen (secondary N) is 1. The van der Waals surface area contributed by atoms with E-state index in [1.165, 1.54) is 6.26 Å². The third-order valence-corrected chi connectivity index (χ3v) is 6.43. The molecule has 1 rings (SSSR count). The van der Waals surface area contributed by atoms with E-state index in [4.69, 9.17) is 4.74 Å². The highest BCUT2D eigenvalue weighted by Crippen LogP contribution is 2.19. The molecule has 0 aliphatic carbocycles. The first-order chi connectivity index (χ1) is 11.1. The second-order valence-electron chi connectivity index (χ2n) is 6.74. The molecule has 1 N–H and O–H groups in total. The first-order valence-corrected chi connectivity index (χ1v) is 10.4. The molecule has 0 saturated carbocycles. The van der Waals surface area contributed by atoms with Gasteiger partial charge in [-0.15, -0.1) is 0 Å². The Morgan fingerprint density at radius 3 is 2.58 bits per heavy atom. The summed E-state index contributed by atoms with van der Waals surface area (Å²) in [5.74, 6) is 0.322. The van der Waals surface area contributed by atoms with Crippen molar-refractivity contribution in [3.05, 3.63) is 0 Å². The Labute approximate surface area is 145 Å². The van der Waals surface area contributed by atoms with Crippen LogP contribution in [0.3, 0.4) is 0 Å². The van der Waals surface area contributed by atoms with Crippen molar-refractivity contribution in [1.82, 2.24) is 10.2 Å². The first-order valence-electron chi connectivity index (χ1n) is 8.52. The summed E-state index contributed by atoms with van der Waals surface area (Å²) in [7, 11) is -3.20. The van der Waals surface area contributed by atoms with E-state index in [2.05, 4.69) is 10.3 Å². The van der Waals surface area contributed by atoms with Gasteiger partial charge in [-0.1, -0.05) is 0 Å². The number of sulfone groups is 1.